The molecule has 23 heavy (non-hydrogen) atoms. The number of rotatable bonds is 3. The Hall–Kier alpha value is -3.03. The first-order valence-electron chi connectivity index (χ1n) is 7.04. The number of aromatic carboxylic acids is 1. The number of carboxylic acid groups (broad SMARTS) is 1. The summed E-state index contributed by atoms with van der Waals surface area (Å²) < 4.78 is 1.36. The van der Waals surface area contributed by atoms with Crippen molar-refractivity contribution < 1.29 is 19.6 Å². The maximum atomic E-state index is 12.1. The van der Waals surface area contributed by atoms with Crippen LogP contribution in [-0.4, -0.2) is 31.6 Å². The molecule has 1 aliphatic carbocycles. The van der Waals surface area contributed by atoms with Crippen LogP contribution < -0.4 is 0 Å². The van der Waals surface area contributed by atoms with Crippen molar-refractivity contribution in [2.75, 3.05) is 0 Å². The number of carbonyl (C=O) groups excluding carboxylic acids is 1. The van der Waals surface area contributed by atoms with Gasteiger partial charge in [0.05, 0.1) is 21.9 Å². The number of non-ortho nitro benzene ring substituents is 1. The molecule has 0 fully saturated rings. The maximum Gasteiger partial charge on any atom is 0.357 e. The first-order chi connectivity index (χ1) is 10.9. The van der Waals surface area contributed by atoms with Gasteiger partial charge >= 0.3 is 5.97 Å². The number of Topliss-reactive ketones (excluding diaryl/α,β-unsaturated/α-hetero) is 1. The number of hydrogen-bond donors (Lipinski definition) is 1. The monoisotopic (exact) mass is 315 g/mol. The van der Waals surface area contributed by atoms with E-state index in [0.29, 0.717) is 29.8 Å². The molecule has 0 aliphatic heterocycles. The Bertz CT molecular complexity index is 853. The molecule has 1 aliphatic rings. The van der Waals surface area contributed by atoms with Gasteiger partial charge < -0.3 is 5.11 Å². The van der Waals surface area contributed by atoms with Crippen LogP contribution >= 0.6 is 0 Å². The molecule has 0 saturated heterocycles. The number of aryl methyl sites for hydroxylation is 1. The number of nitro groups is 1. The minimum absolute atomic E-state index is 0.117. The number of nitrogens with zero attached hydrogens (tertiary/aromatic N) is 3. The summed E-state index contributed by atoms with van der Waals surface area (Å²) in [6.45, 7) is 1.75. The van der Waals surface area contributed by atoms with Gasteiger partial charge in [-0.1, -0.05) is 6.07 Å². The number of carbonyl (C=O) groups is 2. The van der Waals surface area contributed by atoms with Gasteiger partial charge in [-0.05, 0) is 25.3 Å². The van der Waals surface area contributed by atoms with Gasteiger partial charge in [0.2, 0.25) is 0 Å². The van der Waals surface area contributed by atoms with Crippen LogP contribution in [0.4, 0.5) is 5.69 Å². The number of fused-ring (bicyclic) bond motifs is 1. The van der Waals surface area contributed by atoms with Gasteiger partial charge in [0.1, 0.15) is 0 Å². The first kappa shape index (κ1) is 14.9. The molecular weight excluding hydrogens is 302 g/mol. The van der Waals surface area contributed by atoms with E-state index in [1.54, 1.807) is 13.0 Å². The minimum Gasteiger partial charge on any atom is -0.476 e. The summed E-state index contributed by atoms with van der Waals surface area (Å²) in [4.78, 5) is 33.9. The van der Waals surface area contributed by atoms with Crippen LogP contribution in [0, 0.1) is 17.0 Å². The number of carboxylic acids is 1. The van der Waals surface area contributed by atoms with E-state index in [-0.39, 0.29) is 29.1 Å². The van der Waals surface area contributed by atoms with Crippen molar-refractivity contribution in [2.24, 2.45) is 0 Å². The SMILES string of the molecule is Cc1ccc([N+](=O)[O-])cc1-n1nc(C(=O)O)c2c1CCCC2=O. The van der Waals surface area contributed by atoms with Gasteiger partial charge in [0.25, 0.3) is 5.69 Å². The minimum atomic E-state index is -1.28. The normalized spacial score (nSPS) is 13.7. The summed E-state index contributed by atoms with van der Waals surface area (Å²) in [5.74, 6) is -1.53. The number of hydrogen-bond acceptors (Lipinski definition) is 5. The molecule has 0 spiro atoms. The highest BCUT2D eigenvalue weighted by Gasteiger charge is 2.31. The lowest BCUT2D eigenvalue weighted by Gasteiger charge is -2.14. The third-order valence-electron chi connectivity index (χ3n) is 3.91. The molecule has 1 heterocycles. The van der Waals surface area contributed by atoms with E-state index in [0.717, 1.165) is 0 Å². The molecule has 0 unspecified atom stereocenters. The predicted octanol–water partition coefficient (Wildman–Crippen LogP) is 2.31. The standard InChI is InChI=1S/C15H13N3O5/c1-8-5-6-9(18(22)23)7-11(8)17-10-3-2-4-12(19)13(10)14(16-17)15(20)21/h5-7H,2-4H2,1H3,(H,20,21). The van der Waals surface area contributed by atoms with Crippen LogP contribution in [0.25, 0.3) is 5.69 Å². The average molecular weight is 315 g/mol. The molecule has 0 atom stereocenters. The second-order valence-electron chi connectivity index (χ2n) is 5.39. The van der Waals surface area contributed by atoms with Crippen molar-refractivity contribution in [3.8, 4) is 5.69 Å². The fourth-order valence-corrected chi connectivity index (χ4v) is 2.81. The van der Waals surface area contributed by atoms with Gasteiger partial charge in [0, 0.05) is 18.6 Å². The summed E-state index contributed by atoms with van der Waals surface area (Å²) in [7, 11) is 0. The lowest BCUT2D eigenvalue weighted by Crippen LogP contribution is -2.15. The van der Waals surface area contributed by atoms with E-state index < -0.39 is 10.9 Å². The van der Waals surface area contributed by atoms with Crippen molar-refractivity contribution in [2.45, 2.75) is 26.2 Å². The Balaban J connectivity index is 2.27. The molecule has 0 amide bonds. The van der Waals surface area contributed by atoms with Crippen LogP contribution in [-0.2, 0) is 6.42 Å². The van der Waals surface area contributed by atoms with E-state index in [1.807, 2.05) is 0 Å². The Morgan fingerprint density at radius 3 is 2.78 bits per heavy atom. The molecular formula is C15H13N3O5. The fraction of sp³-hybridized carbons (Fsp3) is 0.267. The highest BCUT2D eigenvalue weighted by molar-refractivity contribution is 6.06. The van der Waals surface area contributed by atoms with Gasteiger partial charge in [0.15, 0.2) is 11.5 Å². The van der Waals surface area contributed by atoms with Crippen molar-refractivity contribution in [3.05, 3.63) is 50.8 Å². The second kappa shape index (κ2) is 5.31. The van der Waals surface area contributed by atoms with Gasteiger partial charge in [-0.15, -0.1) is 0 Å². The molecule has 3 rings (SSSR count). The summed E-state index contributed by atoms with van der Waals surface area (Å²) >= 11 is 0. The molecule has 0 radical (unpaired) electrons. The smallest absolute Gasteiger partial charge is 0.357 e. The van der Waals surface area contributed by atoms with Crippen molar-refractivity contribution in [3.63, 3.8) is 0 Å². The van der Waals surface area contributed by atoms with E-state index in [9.17, 15) is 24.8 Å². The summed E-state index contributed by atoms with van der Waals surface area (Å²) in [5.41, 5.74) is 1.33. The molecule has 0 saturated carbocycles. The molecule has 2 aromatic rings. The summed E-state index contributed by atoms with van der Waals surface area (Å²) in [5, 5.41) is 24.3. The summed E-state index contributed by atoms with van der Waals surface area (Å²) in [6, 6.07) is 4.29. The van der Waals surface area contributed by atoms with E-state index in [4.69, 9.17) is 0 Å². The Morgan fingerprint density at radius 2 is 2.13 bits per heavy atom. The predicted molar refractivity (Wildman–Crippen MR) is 79.2 cm³/mol. The Labute approximate surface area is 130 Å². The van der Waals surface area contributed by atoms with Gasteiger partial charge in [-0.2, -0.15) is 5.10 Å². The van der Waals surface area contributed by atoms with Crippen LogP contribution in [0.2, 0.25) is 0 Å². The number of ketones is 1. The van der Waals surface area contributed by atoms with Gasteiger partial charge in [-0.3, -0.25) is 14.9 Å². The zero-order valence-electron chi connectivity index (χ0n) is 12.3. The second-order valence-corrected chi connectivity index (χ2v) is 5.39. The molecule has 1 N–H and O–H groups in total. The third kappa shape index (κ3) is 2.37. The van der Waals surface area contributed by atoms with Gasteiger partial charge in [-0.25, -0.2) is 9.48 Å². The molecule has 8 nitrogen and oxygen atoms in total. The van der Waals surface area contributed by atoms with Crippen molar-refractivity contribution in [1.29, 1.82) is 0 Å². The lowest BCUT2D eigenvalue weighted by atomic mass is 9.94. The number of benzene rings is 1. The van der Waals surface area contributed by atoms with Crippen LogP contribution in [0.15, 0.2) is 18.2 Å². The molecule has 1 aromatic heterocycles. The largest absolute Gasteiger partial charge is 0.476 e. The summed E-state index contributed by atoms with van der Waals surface area (Å²) in [6.07, 6.45) is 1.39. The first-order valence-corrected chi connectivity index (χ1v) is 7.04. The van der Waals surface area contributed by atoms with Crippen LogP contribution in [0.1, 0.15) is 44.9 Å². The average Bonchev–Trinajstić information content (AvgIpc) is 2.88. The van der Waals surface area contributed by atoms with E-state index in [2.05, 4.69) is 5.10 Å². The van der Waals surface area contributed by atoms with Crippen LogP contribution in [0.5, 0.6) is 0 Å². The third-order valence-corrected chi connectivity index (χ3v) is 3.91. The maximum absolute atomic E-state index is 12.1. The molecule has 8 heteroatoms. The van der Waals surface area contributed by atoms with E-state index >= 15 is 0 Å². The fourth-order valence-electron chi connectivity index (χ4n) is 2.81. The molecule has 0 bridgehead atoms. The zero-order chi connectivity index (χ0) is 16.7. The zero-order valence-corrected chi connectivity index (χ0v) is 12.3. The topological polar surface area (TPSA) is 115 Å². The molecule has 1 aromatic carbocycles. The Morgan fingerprint density at radius 1 is 1.39 bits per heavy atom. The number of nitro benzene ring substituents is 1. The highest BCUT2D eigenvalue weighted by Crippen LogP contribution is 2.29. The van der Waals surface area contributed by atoms with Crippen LogP contribution in [0.3, 0.4) is 0 Å². The van der Waals surface area contributed by atoms with Crippen molar-refractivity contribution in [1.82, 2.24) is 9.78 Å². The number of aromatic nitrogens is 2. The quantitative estimate of drug-likeness (QED) is 0.686. The van der Waals surface area contributed by atoms with E-state index in [1.165, 1.54) is 16.8 Å². The Kier molecular flexibility index (Phi) is 3.44. The lowest BCUT2D eigenvalue weighted by molar-refractivity contribution is -0.384. The highest BCUT2D eigenvalue weighted by atomic mass is 16.6. The van der Waals surface area contributed by atoms with Crippen molar-refractivity contribution >= 4 is 17.4 Å². The molecule has 118 valence electrons.